The van der Waals surface area contributed by atoms with Crippen LogP contribution >= 0.6 is 0 Å². The molecule has 0 aromatic heterocycles. The minimum Gasteiger partial charge on any atom is -0.761 e. The molecule has 0 aliphatic heterocycles. The fourth-order valence-corrected chi connectivity index (χ4v) is 2.86. The summed E-state index contributed by atoms with van der Waals surface area (Å²) in [6.07, 6.45) is -3.72. The maximum atomic E-state index is 12.7. The Labute approximate surface area is 137 Å². The van der Waals surface area contributed by atoms with E-state index in [0.717, 1.165) is 0 Å². The van der Waals surface area contributed by atoms with Gasteiger partial charge in [0.15, 0.2) is 0 Å². The predicted molar refractivity (Wildman–Crippen MR) is 83.7 cm³/mol. The Bertz CT molecular complexity index is 600. The molecular weight excluding hydrogens is 327 g/mol. The molecule has 0 spiro atoms. The number of ether oxygens (including phenoxy) is 1. The Morgan fingerprint density at radius 3 is 2.42 bits per heavy atom. The minimum atomic E-state index is -4.19. The largest absolute Gasteiger partial charge is 0.761 e. The predicted octanol–water partition coefficient (Wildman–Crippen LogP) is 3.04. The normalized spacial score (nSPS) is 21.2. The quantitative estimate of drug-likeness (QED) is 0.575. The van der Waals surface area contributed by atoms with Gasteiger partial charge in [-0.3, -0.25) is 4.79 Å². The molecule has 1 aromatic rings. The first-order chi connectivity index (χ1) is 11.3. The summed E-state index contributed by atoms with van der Waals surface area (Å²) in [4.78, 5) is 12.4. The third kappa shape index (κ3) is 4.02. The fourth-order valence-electron chi connectivity index (χ4n) is 2.86. The summed E-state index contributed by atoms with van der Waals surface area (Å²) in [6, 6.07) is 2.26. The van der Waals surface area contributed by atoms with Gasteiger partial charge in [-0.1, -0.05) is 0 Å². The summed E-state index contributed by atoms with van der Waals surface area (Å²) in [7, 11) is 1.35. The van der Waals surface area contributed by atoms with Crippen molar-refractivity contribution >= 4 is 17.3 Å². The van der Waals surface area contributed by atoms with Gasteiger partial charge < -0.3 is 26.5 Å². The van der Waals surface area contributed by atoms with Gasteiger partial charge in [-0.2, -0.15) is 13.2 Å². The molecule has 134 valence electrons. The molecule has 0 saturated heterocycles. The summed E-state index contributed by atoms with van der Waals surface area (Å²) >= 11 is 0. The zero-order valence-corrected chi connectivity index (χ0v) is 13.1. The second-order valence-electron chi connectivity index (χ2n) is 5.81. The van der Waals surface area contributed by atoms with E-state index in [1.807, 2.05) is 0 Å². The van der Waals surface area contributed by atoms with Crippen LogP contribution in [0.5, 0.6) is 5.75 Å². The highest BCUT2D eigenvalue weighted by Gasteiger charge is 2.41. The van der Waals surface area contributed by atoms with Crippen LogP contribution in [0.25, 0.3) is 0 Å². The van der Waals surface area contributed by atoms with Gasteiger partial charge in [-0.25, -0.2) is 0 Å². The Hall–Kier alpha value is -2.16. The first-order valence-electron chi connectivity index (χ1n) is 7.49. The highest BCUT2D eigenvalue weighted by atomic mass is 19.4. The number of halogens is 3. The lowest BCUT2D eigenvalue weighted by Crippen LogP contribution is -2.40. The molecule has 0 heterocycles. The van der Waals surface area contributed by atoms with Crippen LogP contribution in [-0.2, 0) is 0 Å². The van der Waals surface area contributed by atoms with Crippen molar-refractivity contribution in [2.75, 3.05) is 18.3 Å². The molecule has 0 radical (unpaired) electrons. The average Bonchev–Trinajstić information content (AvgIpc) is 2.54. The lowest BCUT2D eigenvalue weighted by Gasteiger charge is -2.30. The number of carbonyl (C=O) groups is 1. The molecule has 1 aromatic carbocycles. The lowest BCUT2D eigenvalue weighted by atomic mass is 9.85. The van der Waals surface area contributed by atoms with E-state index in [4.69, 9.17) is 10.5 Å². The van der Waals surface area contributed by atoms with Crippen molar-refractivity contribution in [3.05, 3.63) is 22.9 Å². The van der Waals surface area contributed by atoms with Crippen LogP contribution in [0.1, 0.15) is 36.0 Å². The maximum absolute atomic E-state index is 12.7. The fraction of sp³-hybridized carbons (Fsp3) is 0.533. The smallest absolute Gasteiger partial charge is 0.391 e. The third-order valence-corrected chi connectivity index (χ3v) is 4.25. The zero-order chi connectivity index (χ0) is 17.9. The monoisotopic (exact) mass is 346 g/mol. The van der Waals surface area contributed by atoms with Crippen molar-refractivity contribution in [1.29, 1.82) is 0 Å². The first kappa shape index (κ1) is 18.2. The summed E-state index contributed by atoms with van der Waals surface area (Å²) in [6.45, 7) is 0. The van der Waals surface area contributed by atoms with Gasteiger partial charge in [0.1, 0.15) is 5.75 Å². The zero-order valence-electron chi connectivity index (χ0n) is 13.1. The van der Waals surface area contributed by atoms with Gasteiger partial charge in [0.05, 0.1) is 24.3 Å². The number of benzene rings is 1. The van der Waals surface area contributed by atoms with E-state index in [-0.39, 0.29) is 54.4 Å². The van der Waals surface area contributed by atoms with E-state index >= 15 is 0 Å². The molecule has 24 heavy (non-hydrogen) atoms. The van der Waals surface area contributed by atoms with E-state index < -0.39 is 18.0 Å². The highest BCUT2D eigenvalue weighted by Crippen LogP contribution is 2.37. The standard InChI is InChI=1S/C15H19F3N3O3/c1-24-13-7-11(19)12(21-23)6-10(13)14(22)20-9-4-2-8(3-5-9)15(16,17)18/h6-9,21H,2-5,19H2,1H3,(H,20,22)/q-1. The van der Waals surface area contributed by atoms with Gasteiger partial charge >= 0.3 is 6.18 Å². The van der Waals surface area contributed by atoms with E-state index in [1.165, 1.54) is 19.2 Å². The lowest BCUT2D eigenvalue weighted by molar-refractivity contribution is -0.182. The molecule has 1 amide bonds. The van der Waals surface area contributed by atoms with Crippen LogP contribution in [0.3, 0.4) is 0 Å². The van der Waals surface area contributed by atoms with Gasteiger partial charge in [-0.05, 0) is 31.7 Å². The summed E-state index contributed by atoms with van der Waals surface area (Å²) in [5.41, 5.74) is 7.53. The Morgan fingerprint density at radius 1 is 1.29 bits per heavy atom. The van der Waals surface area contributed by atoms with Crippen LogP contribution in [0.2, 0.25) is 0 Å². The molecular formula is C15H19F3N3O3-. The second-order valence-corrected chi connectivity index (χ2v) is 5.81. The maximum Gasteiger partial charge on any atom is 0.391 e. The molecule has 1 fully saturated rings. The number of nitrogens with two attached hydrogens (primary N) is 1. The van der Waals surface area contributed by atoms with Crippen molar-refractivity contribution < 1.29 is 22.7 Å². The number of anilines is 2. The van der Waals surface area contributed by atoms with E-state index in [2.05, 4.69) is 5.32 Å². The molecule has 1 saturated carbocycles. The van der Waals surface area contributed by atoms with Crippen molar-refractivity contribution in [2.24, 2.45) is 5.92 Å². The molecule has 9 heteroatoms. The number of amides is 1. The number of nitrogens with one attached hydrogen (secondary N) is 2. The Balaban J connectivity index is 2.06. The van der Waals surface area contributed by atoms with Crippen molar-refractivity contribution in [3.63, 3.8) is 0 Å². The van der Waals surface area contributed by atoms with Crippen LogP contribution in [0.4, 0.5) is 24.5 Å². The van der Waals surface area contributed by atoms with Gasteiger partial charge in [-0.15, -0.1) is 0 Å². The molecule has 4 N–H and O–H groups in total. The third-order valence-electron chi connectivity index (χ3n) is 4.25. The second kappa shape index (κ2) is 7.16. The number of nitrogen functional groups attached to an aromatic ring is 1. The summed E-state index contributed by atoms with van der Waals surface area (Å²) < 4.78 is 43.1. The van der Waals surface area contributed by atoms with Gasteiger partial charge in [0, 0.05) is 17.8 Å². The highest BCUT2D eigenvalue weighted by molar-refractivity contribution is 5.99. The minimum absolute atomic E-state index is 0.0132. The number of carbonyl (C=O) groups excluding carboxylic acids is 1. The van der Waals surface area contributed by atoms with E-state index in [9.17, 15) is 23.2 Å². The van der Waals surface area contributed by atoms with Crippen LogP contribution in [-0.4, -0.2) is 25.2 Å². The topological polar surface area (TPSA) is 99.4 Å². The number of rotatable bonds is 4. The van der Waals surface area contributed by atoms with Crippen molar-refractivity contribution in [3.8, 4) is 5.75 Å². The molecule has 0 atom stereocenters. The summed E-state index contributed by atoms with van der Waals surface area (Å²) in [5.74, 6) is -1.64. The number of hydrogen-bond donors (Lipinski definition) is 3. The van der Waals surface area contributed by atoms with Gasteiger partial charge in [0.2, 0.25) is 0 Å². The SMILES string of the molecule is COc1cc(N)c(N[O-])cc1C(=O)NC1CCC(C(F)(F)F)CC1. The first-order valence-corrected chi connectivity index (χ1v) is 7.49. The molecule has 2 rings (SSSR count). The average molecular weight is 346 g/mol. The van der Waals surface area contributed by atoms with Crippen LogP contribution in [0, 0.1) is 11.1 Å². The molecule has 6 nitrogen and oxygen atoms in total. The van der Waals surface area contributed by atoms with E-state index in [1.54, 1.807) is 5.48 Å². The Morgan fingerprint density at radius 2 is 1.92 bits per heavy atom. The van der Waals surface area contributed by atoms with E-state index in [0.29, 0.717) is 0 Å². The van der Waals surface area contributed by atoms with Gasteiger partial charge in [0.25, 0.3) is 5.91 Å². The van der Waals surface area contributed by atoms with Crippen LogP contribution in [0.15, 0.2) is 12.1 Å². The Kier molecular flexibility index (Phi) is 5.43. The van der Waals surface area contributed by atoms with Crippen molar-refractivity contribution in [1.82, 2.24) is 5.32 Å². The number of hydrogen-bond acceptors (Lipinski definition) is 5. The number of alkyl halides is 3. The molecule has 1 aliphatic rings. The summed E-state index contributed by atoms with van der Waals surface area (Å²) in [5, 5.41) is 13.5. The number of methoxy groups -OCH3 is 1. The molecule has 0 unspecified atom stereocenters. The molecule has 0 bridgehead atoms. The van der Waals surface area contributed by atoms with Crippen molar-refractivity contribution in [2.45, 2.75) is 37.9 Å². The molecule has 1 aliphatic carbocycles. The van der Waals surface area contributed by atoms with Crippen LogP contribution < -0.4 is 21.3 Å².